The van der Waals surface area contributed by atoms with Gasteiger partial charge in [-0.05, 0) is 19.3 Å². The number of carbonyl (C=O) groups is 1. The zero-order valence-corrected chi connectivity index (χ0v) is 10.6. The molecule has 72 valence electrons. The topological polar surface area (TPSA) is 37.3 Å². The minimum absolute atomic E-state index is 0.0394. The molecule has 0 spiro atoms. The molecule has 4 heteroatoms. The predicted molar refractivity (Wildman–Crippen MR) is 57.1 cm³/mol. The maximum absolute atomic E-state index is 10.8. The molecule has 0 saturated carbocycles. The monoisotopic (exact) mass is 300 g/mol. The van der Waals surface area contributed by atoms with Crippen molar-refractivity contribution in [3.05, 3.63) is 0 Å². The Bertz CT molecular complexity index is 166. The van der Waals surface area contributed by atoms with Crippen LogP contribution in [0.15, 0.2) is 0 Å². The Balaban J connectivity index is 4.25. The van der Waals surface area contributed by atoms with Gasteiger partial charge in [-0.3, -0.25) is 4.79 Å². The Morgan fingerprint density at radius 2 is 2.00 bits per heavy atom. The average molecular weight is 302 g/mol. The number of carboxylic acids is 1. The fourth-order valence-corrected chi connectivity index (χ4v) is 1.90. The maximum atomic E-state index is 10.8. The molecule has 0 aliphatic rings. The highest BCUT2D eigenvalue weighted by Gasteiger charge is 2.37. The second-order valence-corrected chi connectivity index (χ2v) is 6.23. The lowest BCUT2D eigenvalue weighted by Gasteiger charge is -2.24. The first-order valence-corrected chi connectivity index (χ1v) is 5.55. The number of hydrogen-bond donors (Lipinski definition) is 1. The van der Waals surface area contributed by atoms with Crippen molar-refractivity contribution >= 4 is 37.8 Å². The lowest BCUT2D eigenvalue weighted by molar-refractivity contribution is -0.139. The van der Waals surface area contributed by atoms with E-state index in [2.05, 4.69) is 45.7 Å². The molecule has 0 amide bonds. The number of halogens is 2. The van der Waals surface area contributed by atoms with E-state index >= 15 is 0 Å². The standard InChI is InChI=1S/C8H14Br2O2/c1-5(2)4-6(9)8(3,10)7(11)12/h5-6H,4H2,1-3H3,(H,11,12)/t6-,8-/m0/s1. The first kappa shape index (κ1) is 12.4. The van der Waals surface area contributed by atoms with E-state index in [0.717, 1.165) is 6.42 Å². The van der Waals surface area contributed by atoms with Gasteiger partial charge in [-0.15, -0.1) is 0 Å². The molecule has 0 radical (unpaired) electrons. The summed E-state index contributed by atoms with van der Waals surface area (Å²) in [6, 6.07) is 0. The lowest BCUT2D eigenvalue weighted by atomic mass is 9.99. The van der Waals surface area contributed by atoms with Crippen molar-refractivity contribution in [1.82, 2.24) is 0 Å². The van der Waals surface area contributed by atoms with Crippen molar-refractivity contribution in [3.63, 3.8) is 0 Å². The molecule has 0 heterocycles. The van der Waals surface area contributed by atoms with E-state index in [1.165, 1.54) is 0 Å². The number of carboxylic acid groups (broad SMARTS) is 1. The summed E-state index contributed by atoms with van der Waals surface area (Å²) in [7, 11) is 0. The zero-order valence-electron chi connectivity index (χ0n) is 7.47. The normalized spacial score (nSPS) is 18.8. The molecular weight excluding hydrogens is 288 g/mol. The van der Waals surface area contributed by atoms with Crippen LogP contribution in [0.4, 0.5) is 0 Å². The van der Waals surface area contributed by atoms with Crippen LogP contribution in [-0.4, -0.2) is 20.2 Å². The van der Waals surface area contributed by atoms with Crippen LogP contribution in [0.3, 0.4) is 0 Å². The predicted octanol–water partition coefficient (Wildman–Crippen LogP) is 3.03. The van der Waals surface area contributed by atoms with Crippen molar-refractivity contribution in [2.24, 2.45) is 5.92 Å². The number of rotatable bonds is 4. The highest BCUT2D eigenvalue weighted by Crippen LogP contribution is 2.32. The zero-order chi connectivity index (χ0) is 9.94. The van der Waals surface area contributed by atoms with Crippen molar-refractivity contribution in [2.45, 2.75) is 36.3 Å². The first-order chi connectivity index (χ1) is 5.28. The van der Waals surface area contributed by atoms with Crippen LogP contribution in [0.1, 0.15) is 27.2 Å². The van der Waals surface area contributed by atoms with Crippen LogP contribution < -0.4 is 0 Å². The molecule has 0 aromatic carbocycles. The number of alkyl halides is 2. The van der Waals surface area contributed by atoms with Gasteiger partial charge in [-0.1, -0.05) is 45.7 Å². The van der Waals surface area contributed by atoms with E-state index in [-0.39, 0.29) is 4.83 Å². The second-order valence-electron chi connectivity index (χ2n) is 3.48. The Kier molecular flexibility index (Phi) is 4.77. The molecule has 0 fully saturated rings. The summed E-state index contributed by atoms with van der Waals surface area (Å²) in [6.07, 6.45) is 0.841. The summed E-state index contributed by atoms with van der Waals surface area (Å²) in [4.78, 5) is 10.7. The molecule has 0 aliphatic heterocycles. The van der Waals surface area contributed by atoms with Gasteiger partial charge in [-0.25, -0.2) is 0 Å². The fraction of sp³-hybridized carbons (Fsp3) is 0.875. The minimum atomic E-state index is -0.864. The summed E-state index contributed by atoms with van der Waals surface area (Å²) >= 11 is 6.57. The maximum Gasteiger partial charge on any atom is 0.321 e. The lowest BCUT2D eigenvalue weighted by Crippen LogP contribution is -2.38. The number of hydrogen-bond acceptors (Lipinski definition) is 1. The fourth-order valence-electron chi connectivity index (χ4n) is 0.769. The van der Waals surface area contributed by atoms with Crippen molar-refractivity contribution < 1.29 is 9.90 Å². The van der Waals surface area contributed by atoms with Crippen LogP contribution in [0.2, 0.25) is 0 Å². The third-order valence-electron chi connectivity index (χ3n) is 1.68. The minimum Gasteiger partial charge on any atom is -0.480 e. The van der Waals surface area contributed by atoms with E-state index in [9.17, 15) is 4.79 Å². The molecule has 0 unspecified atom stereocenters. The molecule has 0 aromatic heterocycles. The molecule has 1 N–H and O–H groups in total. The molecule has 12 heavy (non-hydrogen) atoms. The van der Waals surface area contributed by atoms with Gasteiger partial charge in [0.05, 0.1) is 0 Å². The second kappa shape index (κ2) is 4.61. The van der Waals surface area contributed by atoms with Gasteiger partial charge in [0.1, 0.15) is 4.32 Å². The molecule has 0 aliphatic carbocycles. The molecule has 0 aromatic rings. The summed E-state index contributed by atoms with van der Waals surface area (Å²) in [5, 5.41) is 8.85. The highest BCUT2D eigenvalue weighted by atomic mass is 79.9. The molecule has 2 atom stereocenters. The summed E-state index contributed by atoms with van der Waals surface area (Å²) < 4.78 is -0.864. The van der Waals surface area contributed by atoms with Crippen molar-refractivity contribution in [3.8, 4) is 0 Å². The van der Waals surface area contributed by atoms with Crippen LogP contribution in [0.25, 0.3) is 0 Å². The van der Waals surface area contributed by atoms with Crippen LogP contribution in [-0.2, 0) is 4.79 Å². The van der Waals surface area contributed by atoms with Gasteiger partial charge in [0.15, 0.2) is 0 Å². The van der Waals surface area contributed by atoms with Gasteiger partial charge in [0.25, 0.3) is 0 Å². The van der Waals surface area contributed by atoms with Crippen LogP contribution in [0.5, 0.6) is 0 Å². The van der Waals surface area contributed by atoms with Crippen LogP contribution in [0, 0.1) is 5.92 Å². The van der Waals surface area contributed by atoms with E-state index < -0.39 is 10.3 Å². The molecule has 0 saturated heterocycles. The van der Waals surface area contributed by atoms with Crippen molar-refractivity contribution in [2.75, 3.05) is 0 Å². The Morgan fingerprint density at radius 3 is 2.25 bits per heavy atom. The van der Waals surface area contributed by atoms with E-state index in [1.54, 1.807) is 6.92 Å². The van der Waals surface area contributed by atoms with Gasteiger partial charge < -0.3 is 5.11 Å². The first-order valence-electron chi connectivity index (χ1n) is 3.84. The van der Waals surface area contributed by atoms with Gasteiger partial charge in [-0.2, -0.15) is 0 Å². The van der Waals surface area contributed by atoms with E-state index in [0.29, 0.717) is 5.92 Å². The largest absolute Gasteiger partial charge is 0.480 e. The molecule has 0 bridgehead atoms. The Hall–Kier alpha value is 0.430. The van der Waals surface area contributed by atoms with Crippen LogP contribution >= 0.6 is 31.9 Å². The van der Waals surface area contributed by atoms with Gasteiger partial charge >= 0.3 is 5.97 Å². The molecule has 0 rings (SSSR count). The average Bonchev–Trinajstić information content (AvgIpc) is 1.85. The smallest absolute Gasteiger partial charge is 0.321 e. The SMILES string of the molecule is CC(C)C[C@H](Br)[C@](C)(Br)C(=O)O. The summed E-state index contributed by atoms with van der Waals surface area (Å²) in [5.74, 6) is -0.337. The number of aliphatic carboxylic acids is 1. The Labute approximate surface area is 90.0 Å². The van der Waals surface area contributed by atoms with Gasteiger partial charge in [0, 0.05) is 4.83 Å². The summed E-state index contributed by atoms with van der Waals surface area (Å²) in [6.45, 7) is 5.80. The summed E-state index contributed by atoms with van der Waals surface area (Å²) in [5.41, 5.74) is 0. The quantitative estimate of drug-likeness (QED) is 0.811. The molecular formula is C8H14Br2O2. The van der Waals surface area contributed by atoms with Crippen molar-refractivity contribution in [1.29, 1.82) is 0 Å². The van der Waals surface area contributed by atoms with E-state index in [4.69, 9.17) is 5.11 Å². The third kappa shape index (κ3) is 3.44. The third-order valence-corrected chi connectivity index (χ3v) is 4.48. The highest BCUT2D eigenvalue weighted by molar-refractivity contribution is 9.12. The molecule has 2 nitrogen and oxygen atoms in total. The van der Waals surface area contributed by atoms with Gasteiger partial charge in [0.2, 0.25) is 0 Å². The van der Waals surface area contributed by atoms with E-state index in [1.807, 2.05) is 0 Å². The Morgan fingerprint density at radius 1 is 1.58 bits per heavy atom.